The highest BCUT2D eigenvalue weighted by atomic mass is 35.5. The van der Waals surface area contributed by atoms with E-state index in [1.165, 1.54) is 0 Å². The first-order valence-electron chi connectivity index (χ1n) is 3.10. The second-order valence-electron chi connectivity index (χ2n) is 2.31. The topological polar surface area (TPSA) is 34.1 Å². The van der Waals surface area contributed by atoms with E-state index in [9.17, 15) is 27.2 Å². The number of carbonyl (C=O) groups is 2. The van der Waals surface area contributed by atoms with Gasteiger partial charge in [-0.05, 0) is 11.6 Å². The first kappa shape index (κ1) is 12.3. The number of hydrogen-bond donors (Lipinski definition) is 0. The van der Waals surface area contributed by atoms with E-state index in [1.807, 2.05) is 0 Å². The first-order valence-corrected chi connectivity index (χ1v) is 3.48. The minimum absolute atomic E-state index is 0.341. The van der Waals surface area contributed by atoms with Crippen LogP contribution >= 0.6 is 11.6 Å². The van der Waals surface area contributed by atoms with Gasteiger partial charge in [0.1, 0.15) is 6.29 Å². The summed E-state index contributed by atoms with van der Waals surface area (Å²) < 4.78 is 49.6. The number of hydrogen-bond acceptors (Lipinski definition) is 2. The number of halogens is 5. The van der Waals surface area contributed by atoms with Gasteiger partial charge in [-0.3, -0.25) is 4.79 Å². The average molecular weight is 221 g/mol. The summed E-state index contributed by atoms with van der Waals surface area (Å²) in [5.74, 6) is -9.11. The first-order chi connectivity index (χ1) is 5.73. The van der Waals surface area contributed by atoms with Gasteiger partial charge in [-0.2, -0.15) is 17.6 Å². The second kappa shape index (κ2) is 4.04. The van der Waals surface area contributed by atoms with Gasteiger partial charge >= 0.3 is 11.8 Å². The third-order valence-electron chi connectivity index (χ3n) is 1.24. The lowest BCUT2D eigenvalue weighted by Gasteiger charge is -2.23. The van der Waals surface area contributed by atoms with Crippen LogP contribution < -0.4 is 0 Å². The molecule has 0 aromatic carbocycles. The maximum Gasteiger partial charge on any atom is 0.318 e. The fraction of sp³-hybridized carbons (Fsp3) is 0.667. The molecule has 0 saturated heterocycles. The molecule has 0 aliphatic heterocycles. The summed E-state index contributed by atoms with van der Waals surface area (Å²) in [6.45, 7) is 0. The van der Waals surface area contributed by atoms with Gasteiger partial charge in [-0.25, -0.2) is 0 Å². The zero-order valence-electron chi connectivity index (χ0n) is 6.20. The molecule has 0 radical (unpaired) electrons. The van der Waals surface area contributed by atoms with Crippen molar-refractivity contribution in [1.29, 1.82) is 0 Å². The summed E-state index contributed by atoms with van der Waals surface area (Å²) in [4.78, 5) is 19.6. The Kier molecular flexibility index (Phi) is 3.84. The number of carbonyl (C=O) groups excluding carboxylic acids is 2. The van der Waals surface area contributed by atoms with Crippen LogP contribution in [0.3, 0.4) is 0 Å². The van der Waals surface area contributed by atoms with E-state index in [0.717, 1.165) is 0 Å². The quantitative estimate of drug-likeness (QED) is 0.403. The van der Waals surface area contributed by atoms with Crippen molar-refractivity contribution in [2.75, 3.05) is 0 Å². The second-order valence-corrected chi connectivity index (χ2v) is 2.73. The molecule has 0 unspecified atom stereocenters. The smallest absolute Gasteiger partial charge is 0.303 e. The van der Waals surface area contributed by atoms with Crippen LogP contribution in [-0.4, -0.2) is 23.4 Å². The van der Waals surface area contributed by atoms with E-state index in [-0.39, 0.29) is 6.29 Å². The van der Waals surface area contributed by atoms with Crippen molar-refractivity contribution in [3.8, 4) is 0 Å². The van der Waals surface area contributed by atoms with Crippen LogP contribution in [0, 0.1) is 0 Å². The molecule has 0 rings (SSSR count). The molecule has 0 aromatic heterocycles. The zero-order valence-corrected chi connectivity index (χ0v) is 6.95. The van der Waals surface area contributed by atoms with Crippen molar-refractivity contribution in [2.45, 2.75) is 24.7 Å². The Bertz CT molecular complexity index is 217. The lowest BCUT2D eigenvalue weighted by atomic mass is 10.1. The maximum absolute atomic E-state index is 12.4. The minimum Gasteiger partial charge on any atom is -0.303 e. The van der Waals surface area contributed by atoms with Crippen molar-refractivity contribution in [1.82, 2.24) is 0 Å². The van der Waals surface area contributed by atoms with Gasteiger partial charge in [0, 0.05) is 0 Å². The van der Waals surface area contributed by atoms with Gasteiger partial charge < -0.3 is 4.79 Å². The molecule has 7 heteroatoms. The molecule has 0 spiro atoms. The number of rotatable bonds is 5. The Labute approximate surface area is 75.9 Å². The van der Waals surface area contributed by atoms with Crippen LogP contribution in [0.1, 0.15) is 12.8 Å². The van der Waals surface area contributed by atoms with Crippen LogP contribution in [0.4, 0.5) is 17.6 Å². The summed E-state index contributed by atoms with van der Waals surface area (Å²) >= 11 is 4.53. The van der Waals surface area contributed by atoms with Crippen molar-refractivity contribution in [3.05, 3.63) is 0 Å². The molecule has 0 N–H and O–H groups in total. The third-order valence-corrected chi connectivity index (χ3v) is 1.37. The molecule has 0 aliphatic rings. The normalized spacial score (nSPS) is 12.7. The Balaban J connectivity index is 4.58. The zero-order chi connectivity index (χ0) is 10.7. The summed E-state index contributed by atoms with van der Waals surface area (Å²) in [5, 5.41) is -1.57. The van der Waals surface area contributed by atoms with Gasteiger partial charge in [-0.1, -0.05) is 0 Å². The highest BCUT2D eigenvalue weighted by Gasteiger charge is 2.56. The maximum atomic E-state index is 12.4. The largest absolute Gasteiger partial charge is 0.318 e. The van der Waals surface area contributed by atoms with Gasteiger partial charge in [0.05, 0.1) is 12.8 Å². The van der Waals surface area contributed by atoms with Gasteiger partial charge in [0.2, 0.25) is 5.24 Å². The average Bonchev–Trinajstić information content (AvgIpc) is 1.82. The Morgan fingerprint density at radius 1 is 1.23 bits per heavy atom. The monoisotopic (exact) mass is 220 g/mol. The molecule has 0 atom stereocenters. The van der Waals surface area contributed by atoms with Crippen LogP contribution in [0.25, 0.3) is 0 Å². The van der Waals surface area contributed by atoms with E-state index in [2.05, 4.69) is 11.6 Å². The van der Waals surface area contributed by atoms with Crippen molar-refractivity contribution in [2.24, 2.45) is 0 Å². The minimum atomic E-state index is -4.58. The van der Waals surface area contributed by atoms with E-state index < -0.39 is 29.9 Å². The summed E-state index contributed by atoms with van der Waals surface area (Å²) in [6, 6.07) is 0. The molecular weight excluding hydrogens is 216 g/mol. The predicted molar refractivity (Wildman–Crippen MR) is 36.1 cm³/mol. The lowest BCUT2D eigenvalue weighted by molar-refractivity contribution is -0.210. The van der Waals surface area contributed by atoms with E-state index >= 15 is 0 Å². The molecule has 13 heavy (non-hydrogen) atoms. The van der Waals surface area contributed by atoms with Gasteiger partial charge in [0.15, 0.2) is 0 Å². The van der Waals surface area contributed by atoms with Crippen LogP contribution in [0.15, 0.2) is 0 Å². The SMILES string of the molecule is O=CCC(F)(F)C(F)(F)CC(=O)Cl. The summed E-state index contributed by atoms with van der Waals surface area (Å²) in [7, 11) is 0. The lowest BCUT2D eigenvalue weighted by Crippen LogP contribution is -2.41. The number of aldehydes is 1. The van der Waals surface area contributed by atoms with Crippen LogP contribution in [-0.2, 0) is 9.59 Å². The molecule has 0 saturated carbocycles. The van der Waals surface area contributed by atoms with Crippen molar-refractivity contribution < 1.29 is 27.2 Å². The summed E-state index contributed by atoms with van der Waals surface area (Å²) in [5.41, 5.74) is 0. The molecule has 0 aliphatic carbocycles. The Morgan fingerprint density at radius 3 is 2.00 bits per heavy atom. The molecular formula is C6H5ClF4O2. The van der Waals surface area contributed by atoms with Crippen molar-refractivity contribution in [3.63, 3.8) is 0 Å². The van der Waals surface area contributed by atoms with E-state index in [0.29, 0.717) is 0 Å². The predicted octanol–water partition coefficient (Wildman–Crippen LogP) is 2.00. The van der Waals surface area contributed by atoms with Crippen molar-refractivity contribution >= 4 is 23.1 Å². The molecule has 2 nitrogen and oxygen atoms in total. The standard InChI is InChI=1S/C6H5ClF4O2/c7-4(13)3-6(10,11)5(8,9)1-2-12/h2H,1,3H2. The summed E-state index contributed by atoms with van der Waals surface area (Å²) in [6.07, 6.45) is -3.76. The molecule has 0 heterocycles. The highest BCUT2D eigenvalue weighted by molar-refractivity contribution is 6.63. The fourth-order valence-corrected chi connectivity index (χ4v) is 0.726. The fourth-order valence-electron chi connectivity index (χ4n) is 0.558. The molecule has 0 aromatic rings. The third kappa shape index (κ3) is 3.30. The van der Waals surface area contributed by atoms with Gasteiger partial charge in [-0.15, -0.1) is 0 Å². The van der Waals surface area contributed by atoms with Crippen LogP contribution in [0.2, 0.25) is 0 Å². The number of alkyl halides is 4. The molecule has 0 amide bonds. The van der Waals surface area contributed by atoms with Crippen LogP contribution in [0.5, 0.6) is 0 Å². The Morgan fingerprint density at radius 2 is 1.69 bits per heavy atom. The molecule has 76 valence electrons. The van der Waals surface area contributed by atoms with Gasteiger partial charge in [0.25, 0.3) is 0 Å². The highest BCUT2D eigenvalue weighted by Crippen LogP contribution is 2.39. The molecule has 0 fully saturated rings. The van der Waals surface area contributed by atoms with E-state index in [1.54, 1.807) is 0 Å². The Hall–Kier alpha value is -0.650. The van der Waals surface area contributed by atoms with E-state index in [4.69, 9.17) is 0 Å². The molecule has 0 bridgehead atoms.